The molecule has 1 heterocycles. The zero-order chi connectivity index (χ0) is 28.4. The molecule has 0 aromatic heterocycles. The Labute approximate surface area is 224 Å². The van der Waals surface area contributed by atoms with Crippen LogP contribution in [0, 0.1) is 11.3 Å². The van der Waals surface area contributed by atoms with Crippen molar-refractivity contribution >= 4 is 17.8 Å². The molecule has 5 unspecified atom stereocenters. The Morgan fingerprint density at radius 3 is 2.39 bits per heavy atom. The number of rotatable bonds is 9. The number of amides is 2. The lowest BCUT2D eigenvalue weighted by atomic mass is 9.72. The van der Waals surface area contributed by atoms with Gasteiger partial charge in [-0.2, -0.15) is 0 Å². The number of phenolic OH excluding ortho intramolecular Hbond substituents is 2. The van der Waals surface area contributed by atoms with Crippen LogP contribution in [0.5, 0.6) is 11.5 Å². The topological polar surface area (TPSA) is 157 Å². The lowest BCUT2D eigenvalue weighted by molar-refractivity contribution is -0.177. The molecular weight excluding hydrogens is 492 g/mol. The van der Waals surface area contributed by atoms with Crippen molar-refractivity contribution in [3.63, 3.8) is 0 Å². The first-order chi connectivity index (χ1) is 17.7. The van der Waals surface area contributed by atoms with E-state index in [4.69, 9.17) is 4.74 Å². The highest BCUT2D eigenvalue weighted by Crippen LogP contribution is 2.53. The molecule has 2 aliphatic rings. The second-order valence-corrected chi connectivity index (χ2v) is 11.5. The number of aliphatic hydroxyl groups excluding tert-OH is 2. The molecule has 1 saturated heterocycles. The van der Waals surface area contributed by atoms with Crippen molar-refractivity contribution in [2.75, 3.05) is 6.54 Å². The van der Waals surface area contributed by atoms with E-state index in [9.17, 15) is 34.8 Å². The van der Waals surface area contributed by atoms with Gasteiger partial charge >= 0.3 is 5.97 Å². The maximum absolute atomic E-state index is 13.4. The van der Waals surface area contributed by atoms with Gasteiger partial charge in [-0.1, -0.05) is 33.3 Å². The van der Waals surface area contributed by atoms with Gasteiger partial charge in [-0.25, -0.2) is 4.79 Å². The summed E-state index contributed by atoms with van der Waals surface area (Å²) >= 11 is 0. The molecular formula is C28H42N2O8. The first-order valence-corrected chi connectivity index (χ1v) is 13.4. The second-order valence-electron chi connectivity index (χ2n) is 11.5. The number of benzene rings is 1. The molecule has 10 nitrogen and oxygen atoms in total. The Kier molecular flexibility index (Phi) is 8.98. The van der Waals surface area contributed by atoms with Crippen LogP contribution in [0.4, 0.5) is 0 Å². The molecule has 1 saturated carbocycles. The number of aliphatic hydroxyl groups is 2. The van der Waals surface area contributed by atoms with E-state index >= 15 is 0 Å². The lowest BCUT2D eigenvalue weighted by Crippen LogP contribution is -2.58. The van der Waals surface area contributed by atoms with Crippen molar-refractivity contribution < 1.29 is 39.5 Å². The highest BCUT2D eigenvalue weighted by molar-refractivity contribution is 5.92. The van der Waals surface area contributed by atoms with Crippen LogP contribution in [0.3, 0.4) is 0 Å². The zero-order valence-electron chi connectivity index (χ0n) is 22.9. The Balaban J connectivity index is 1.68. The largest absolute Gasteiger partial charge is 0.504 e. The number of ether oxygens (including phenoxy) is 1. The van der Waals surface area contributed by atoms with E-state index in [1.807, 2.05) is 6.92 Å². The molecule has 6 atom stereocenters. The van der Waals surface area contributed by atoms with Crippen molar-refractivity contribution in [1.82, 2.24) is 10.2 Å². The van der Waals surface area contributed by atoms with Crippen molar-refractivity contribution in [1.29, 1.82) is 0 Å². The Morgan fingerprint density at radius 1 is 1.13 bits per heavy atom. The highest BCUT2D eigenvalue weighted by atomic mass is 16.6. The maximum Gasteiger partial charge on any atom is 0.329 e. The van der Waals surface area contributed by atoms with Gasteiger partial charge in [0.25, 0.3) is 0 Å². The minimum absolute atomic E-state index is 0.188. The van der Waals surface area contributed by atoms with Crippen molar-refractivity contribution in [2.45, 2.75) is 103 Å². The number of carbonyl (C=O) groups excluding carboxylic acids is 3. The third-order valence-electron chi connectivity index (χ3n) is 8.80. The summed E-state index contributed by atoms with van der Waals surface area (Å²) < 4.78 is 6.09. The predicted molar refractivity (Wildman–Crippen MR) is 139 cm³/mol. The van der Waals surface area contributed by atoms with Crippen LogP contribution in [0.2, 0.25) is 0 Å². The molecule has 1 aromatic carbocycles. The van der Waals surface area contributed by atoms with E-state index in [0.29, 0.717) is 24.3 Å². The Bertz CT molecular complexity index is 1040. The monoisotopic (exact) mass is 534 g/mol. The van der Waals surface area contributed by atoms with Crippen LogP contribution in [0.25, 0.3) is 0 Å². The quantitative estimate of drug-likeness (QED) is 0.238. The number of nitrogens with zero attached hydrogens (tertiary/aromatic N) is 1. The zero-order valence-corrected chi connectivity index (χ0v) is 22.9. The maximum atomic E-state index is 13.4. The third-order valence-corrected chi connectivity index (χ3v) is 8.80. The van der Waals surface area contributed by atoms with Gasteiger partial charge in [-0.3, -0.25) is 9.59 Å². The number of aromatic hydroxyl groups is 2. The molecule has 0 radical (unpaired) electrons. The summed E-state index contributed by atoms with van der Waals surface area (Å²) in [6.07, 6.45) is 0.642. The molecule has 2 amide bonds. The average molecular weight is 535 g/mol. The summed E-state index contributed by atoms with van der Waals surface area (Å²) in [6, 6.07) is 1.71. The van der Waals surface area contributed by atoms with E-state index in [1.54, 1.807) is 0 Å². The summed E-state index contributed by atoms with van der Waals surface area (Å²) in [5.74, 6) is -2.29. The number of nitrogens with one attached hydrogen (secondary N) is 1. The van der Waals surface area contributed by atoms with Gasteiger partial charge in [-0.15, -0.1) is 0 Å². The minimum Gasteiger partial charge on any atom is -0.504 e. The number of hydrogen-bond donors (Lipinski definition) is 5. The summed E-state index contributed by atoms with van der Waals surface area (Å²) in [7, 11) is 0. The smallest absolute Gasteiger partial charge is 0.329 e. The van der Waals surface area contributed by atoms with Crippen molar-refractivity contribution in [3.8, 4) is 11.5 Å². The van der Waals surface area contributed by atoms with Gasteiger partial charge in [0.15, 0.2) is 11.5 Å². The Morgan fingerprint density at radius 2 is 1.82 bits per heavy atom. The van der Waals surface area contributed by atoms with Gasteiger partial charge in [0.2, 0.25) is 11.8 Å². The highest BCUT2D eigenvalue weighted by Gasteiger charge is 2.54. The molecule has 3 rings (SSSR count). The fourth-order valence-corrected chi connectivity index (χ4v) is 5.86. The number of likely N-dealkylation sites (tertiary alicyclic amines) is 1. The molecule has 10 heteroatoms. The van der Waals surface area contributed by atoms with Crippen LogP contribution >= 0.6 is 0 Å². The first-order valence-electron chi connectivity index (χ1n) is 13.4. The predicted octanol–water partition coefficient (Wildman–Crippen LogP) is 2.01. The van der Waals surface area contributed by atoms with E-state index in [-0.39, 0.29) is 29.9 Å². The van der Waals surface area contributed by atoms with E-state index in [2.05, 4.69) is 26.1 Å². The average Bonchev–Trinajstić information content (AvgIpc) is 3.42. The van der Waals surface area contributed by atoms with Gasteiger partial charge in [0.05, 0.1) is 6.10 Å². The number of phenols is 2. The summed E-state index contributed by atoms with van der Waals surface area (Å²) in [4.78, 5) is 40.8. The molecule has 5 N–H and O–H groups in total. The first kappa shape index (κ1) is 29.7. The van der Waals surface area contributed by atoms with Gasteiger partial charge < -0.3 is 35.4 Å². The van der Waals surface area contributed by atoms with Crippen LogP contribution in [-0.2, 0) is 25.5 Å². The molecule has 0 spiro atoms. The summed E-state index contributed by atoms with van der Waals surface area (Å²) in [5, 5.41) is 42.2. The normalized spacial score (nSPS) is 27.0. The molecule has 212 valence electrons. The molecule has 1 aliphatic carbocycles. The number of hydrogen-bond acceptors (Lipinski definition) is 8. The van der Waals surface area contributed by atoms with Gasteiger partial charge in [-0.05, 0) is 63.1 Å². The number of esters is 1. The number of carbonyl (C=O) groups is 3. The van der Waals surface area contributed by atoms with Crippen molar-refractivity contribution in [3.05, 3.63) is 23.8 Å². The summed E-state index contributed by atoms with van der Waals surface area (Å²) in [6.45, 7) is 9.95. The van der Waals surface area contributed by atoms with E-state index in [1.165, 1.54) is 30.0 Å². The minimum atomic E-state index is -1.58. The SMILES string of the molecule is CC[C@@H]1CCC(C)(OC(=O)C2CCCN2C(=O)C(NC(=O)C(O)Cc2ccc(O)c(O)c2)C(C)O)C1(C)C. The van der Waals surface area contributed by atoms with Crippen LogP contribution in [-0.4, -0.2) is 79.5 Å². The fourth-order valence-electron chi connectivity index (χ4n) is 5.86. The lowest BCUT2D eigenvalue weighted by Gasteiger charge is -2.42. The molecule has 38 heavy (non-hydrogen) atoms. The molecule has 1 aromatic rings. The second kappa shape index (κ2) is 11.5. The van der Waals surface area contributed by atoms with Crippen LogP contribution in [0.15, 0.2) is 18.2 Å². The van der Waals surface area contributed by atoms with E-state index in [0.717, 1.165) is 19.3 Å². The van der Waals surface area contributed by atoms with Gasteiger partial charge in [0, 0.05) is 18.4 Å². The van der Waals surface area contributed by atoms with E-state index < -0.39 is 47.7 Å². The molecule has 0 bridgehead atoms. The third kappa shape index (κ3) is 5.91. The van der Waals surface area contributed by atoms with Crippen molar-refractivity contribution in [2.24, 2.45) is 11.3 Å². The Hall–Kier alpha value is -2.85. The molecule has 1 aliphatic heterocycles. The standard InChI is InChI=1S/C28H42N2O8/c1-6-18-11-12-28(5,27(18,3)4)38-26(37)19-8-7-13-30(19)25(36)23(16(2)31)29-24(35)22(34)15-17-9-10-20(32)21(33)14-17/h9-10,14,16,18-19,22-23,31-34H,6-8,11-13,15H2,1-5H3,(H,29,35)/t16?,18-,19?,22?,23?,28?/m1/s1. The molecule has 2 fully saturated rings. The van der Waals surface area contributed by atoms with Gasteiger partial charge in [0.1, 0.15) is 23.8 Å². The van der Waals surface area contributed by atoms with Crippen LogP contribution < -0.4 is 5.32 Å². The fraction of sp³-hybridized carbons (Fsp3) is 0.679. The van der Waals surface area contributed by atoms with Crippen LogP contribution in [0.1, 0.15) is 72.3 Å². The summed E-state index contributed by atoms with van der Waals surface area (Å²) in [5.41, 5.74) is -0.489.